The van der Waals surface area contributed by atoms with Crippen molar-refractivity contribution < 1.29 is 9.59 Å². The number of likely N-dealkylation sites (N-methyl/N-ethyl adjacent to an activating group) is 1. The SMILES string of the molecule is Cc1c(CC(=O)N(C)Cc2ccccn2)c2c(n1CC(C)C)CC(C)(C)CC2=O. The molecule has 1 amide bonds. The van der Waals surface area contributed by atoms with Gasteiger partial charge in [-0.1, -0.05) is 33.8 Å². The number of rotatable bonds is 6. The summed E-state index contributed by atoms with van der Waals surface area (Å²) in [6.45, 7) is 12.1. The van der Waals surface area contributed by atoms with E-state index >= 15 is 0 Å². The molecule has 1 aliphatic rings. The Morgan fingerprint density at radius 1 is 1.28 bits per heavy atom. The van der Waals surface area contributed by atoms with E-state index in [4.69, 9.17) is 0 Å². The van der Waals surface area contributed by atoms with Gasteiger partial charge in [0.25, 0.3) is 0 Å². The predicted octanol–water partition coefficient (Wildman–Crippen LogP) is 4.20. The zero-order chi connectivity index (χ0) is 21.3. The summed E-state index contributed by atoms with van der Waals surface area (Å²) in [6, 6.07) is 5.71. The molecule has 0 unspecified atom stereocenters. The van der Waals surface area contributed by atoms with Crippen molar-refractivity contribution in [3.63, 3.8) is 0 Å². The summed E-state index contributed by atoms with van der Waals surface area (Å²) < 4.78 is 2.29. The maximum absolute atomic E-state index is 13.1. The van der Waals surface area contributed by atoms with Gasteiger partial charge in [0.05, 0.1) is 18.7 Å². The van der Waals surface area contributed by atoms with Crippen molar-refractivity contribution in [3.05, 3.63) is 52.6 Å². The van der Waals surface area contributed by atoms with Crippen LogP contribution in [0.15, 0.2) is 24.4 Å². The summed E-state index contributed by atoms with van der Waals surface area (Å²) in [4.78, 5) is 32.1. The van der Waals surface area contributed by atoms with Crippen LogP contribution in [0, 0.1) is 18.3 Å². The number of hydrogen-bond donors (Lipinski definition) is 0. The molecule has 2 aromatic heterocycles. The van der Waals surface area contributed by atoms with Gasteiger partial charge in [-0.25, -0.2) is 0 Å². The van der Waals surface area contributed by atoms with Crippen molar-refractivity contribution in [1.82, 2.24) is 14.5 Å². The van der Waals surface area contributed by atoms with Gasteiger partial charge in [-0.15, -0.1) is 0 Å². The minimum absolute atomic E-state index is 0.0147. The van der Waals surface area contributed by atoms with Gasteiger partial charge in [-0.3, -0.25) is 14.6 Å². The molecular formula is C24H33N3O2. The number of Topliss-reactive ketones (excluding diaryl/α,β-unsaturated/α-hetero) is 1. The molecule has 3 rings (SSSR count). The number of hydrogen-bond acceptors (Lipinski definition) is 3. The van der Waals surface area contributed by atoms with E-state index in [9.17, 15) is 9.59 Å². The van der Waals surface area contributed by atoms with E-state index in [1.54, 1.807) is 18.1 Å². The minimum Gasteiger partial charge on any atom is -0.348 e. The zero-order valence-electron chi connectivity index (χ0n) is 18.6. The van der Waals surface area contributed by atoms with Gasteiger partial charge in [0, 0.05) is 43.2 Å². The average molecular weight is 396 g/mol. The second-order valence-electron chi connectivity index (χ2n) is 9.58. The summed E-state index contributed by atoms with van der Waals surface area (Å²) in [5, 5.41) is 0. The first-order valence-corrected chi connectivity index (χ1v) is 10.5. The number of aromatic nitrogens is 2. The molecule has 29 heavy (non-hydrogen) atoms. The number of pyridine rings is 1. The standard InChI is InChI=1S/C24H33N3O2/c1-16(2)14-27-17(3)19(23-20(27)12-24(4,5)13-21(23)28)11-22(29)26(6)15-18-9-7-8-10-25-18/h7-10,16H,11-15H2,1-6H3. The van der Waals surface area contributed by atoms with Crippen LogP contribution in [-0.4, -0.2) is 33.2 Å². The maximum atomic E-state index is 13.1. The second-order valence-corrected chi connectivity index (χ2v) is 9.58. The Labute approximate surface area is 174 Å². The molecule has 0 aliphatic heterocycles. The van der Waals surface area contributed by atoms with Gasteiger partial charge in [-0.05, 0) is 42.4 Å². The Kier molecular flexibility index (Phi) is 5.97. The Morgan fingerprint density at radius 2 is 2.00 bits per heavy atom. The lowest BCUT2D eigenvalue weighted by Crippen LogP contribution is -2.30. The van der Waals surface area contributed by atoms with Crippen LogP contribution in [0.5, 0.6) is 0 Å². The van der Waals surface area contributed by atoms with E-state index in [-0.39, 0.29) is 23.5 Å². The molecule has 0 atom stereocenters. The molecule has 2 heterocycles. The number of carbonyl (C=O) groups excluding carboxylic acids is 2. The fourth-order valence-electron chi connectivity index (χ4n) is 4.34. The van der Waals surface area contributed by atoms with Crippen LogP contribution in [-0.2, 0) is 30.7 Å². The molecule has 0 aromatic carbocycles. The molecule has 1 aliphatic carbocycles. The molecule has 0 N–H and O–H groups in total. The Morgan fingerprint density at radius 3 is 2.62 bits per heavy atom. The fourth-order valence-corrected chi connectivity index (χ4v) is 4.34. The first-order chi connectivity index (χ1) is 13.6. The van der Waals surface area contributed by atoms with Gasteiger partial charge < -0.3 is 9.47 Å². The topological polar surface area (TPSA) is 55.2 Å². The molecule has 0 fully saturated rings. The zero-order valence-corrected chi connectivity index (χ0v) is 18.6. The Hall–Kier alpha value is -2.43. The third kappa shape index (κ3) is 4.60. The molecule has 5 heteroatoms. The highest BCUT2D eigenvalue weighted by molar-refractivity contribution is 6.01. The van der Waals surface area contributed by atoms with Crippen LogP contribution >= 0.6 is 0 Å². The lowest BCUT2D eigenvalue weighted by molar-refractivity contribution is -0.129. The van der Waals surface area contributed by atoms with Crippen molar-refractivity contribution in [2.24, 2.45) is 11.3 Å². The van der Waals surface area contributed by atoms with Crippen molar-refractivity contribution in [2.45, 2.75) is 67.0 Å². The molecule has 5 nitrogen and oxygen atoms in total. The first-order valence-electron chi connectivity index (χ1n) is 10.5. The number of nitrogens with zero attached hydrogens (tertiary/aromatic N) is 3. The van der Waals surface area contributed by atoms with E-state index in [1.165, 1.54) is 0 Å². The fraction of sp³-hybridized carbons (Fsp3) is 0.542. The molecule has 0 radical (unpaired) electrons. The number of amides is 1. The van der Waals surface area contributed by atoms with Crippen LogP contribution in [0.2, 0.25) is 0 Å². The number of fused-ring (bicyclic) bond motifs is 1. The molecule has 0 saturated heterocycles. The van der Waals surface area contributed by atoms with E-state index in [1.807, 2.05) is 18.2 Å². The van der Waals surface area contributed by atoms with Crippen LogP contribution in [0.4, 0.5) is 0 Å². The molecular weight excluding hydrogens is 362 g/mol. The lowest BCUT2D eigenvalue weighted by Gasteiger charge is -2.30. The Balaban J connectivity index is 1.92. The van der Waals surface area contributed by atoms with Crippen LogP contribution in [0.1, 0.15) is 67.1 Å². The summed E-state index contributed by atoms with van der Waals surface area (Å²) in [6.07, 6.45) is 3.41. The second kappa shape index (κ2) is 8.13. The largest absolute Gasteiger partial charge is 0.348 e. The highest BCUT2D eigenvalue weighted by Gasteiger charge is 2.37. The van der Waals surface area contributed by atoms with Crippen LogP contribution in [0.3, 0.4) is 0 Å². The minimum atomic E-state index is -0.0410. The van der Waals surface area contributed by atoms with E-state index in [0.29, 0.717) is 18.9 Å². The van der Waals surface area contributed by atoms with E-state index in [0.717, 1.165) is 41.2 Å². The molecule has 0 bridgehead atoms. The third-order valence-electron chi connectivity index (χ3n) is 5.75. The number of ketones is 1. The van der Waals surface area contributed by atoms with Crippen molar-refractivity contribution >= 4 is 11.7 Å². The van der Waals surface area contributed by atoms with Gasteiger partial charge in [0.15, 0.2) is 5.78 Å². The van der Waals surface area contributed by atoms with Crippen LogP contribution < -0.4 is 0 Å². The number of carbonyl (C=O) groups is 2. The molecule has 0 saturated carbocycles. The summed E-state index contributed by atoms with van der Waals surface area (Å²) in [7, 11) is 1.80. The first kappa shape index (κ1) is 21.3. The quantitative estimate of drug-likeness (QED) is 0.736. The summed E-state index contributed by atoms with van der Waals surface area (Å²) in [5.41, 5.74) is 4.72. The van der Waals surface area contributed by atoms with Crippen molar-refractivity contribution in [1.29, 1.82) is 0 Å². The summed E-state index contributed by atoms with van der Waals surface area (Å²) in [5.74, 6) is 0.665. The normalized spacial score (nSPS) is 15.5. The smallest absolute Gasteiger partial charge is 0.227 e. The monoisotopic (exact) mass is 395 g/mol. The highest BCUT2D eigenvalue weighted by atomic mass is 16.2. The van der Waals surface area contributed by atoms with Crippen molar-refractivity contribution in [2.75, 3.05) is 7.05 Å². The van der Waals surface area contributed by atoms with Crippen molar-refractivity contribution in [3.8, 4) is 0 Å². The average Bonchev–Trinajstić information content (AvgIpc) is 2.86. The predicted molar refractivity (Wildman–Crippen MR) is 115 cm³/mol. The van der Waals surface area contributed by atoms with Gasteiger partial charge in [-0.2, -0.15) is 0 Å². The van der Waals surface area contributed by atoms with Gasteiger partial charge >= 0.3 is 0 Å². The summed E-state index contributed by atoms with van der Waals surface area (Å²) >= 11 is 0. The highest BCUT2D eigenvalue weighted by Crippen LogP contribution is 2.39. The maximum Gasteiger partial charge on any atom is 0.227 e. The lowest BCUT2D eigenvalue weighted by atomic mass is 9.75. The van der Waals surface area contributed by atoms with Gasteiger partial charge in [0.2, 0.25) is 5.91 Å². The molecule has 156 valence electrons. The third-order valence-corrected chi connectivity index (χ3v) is 5.75. The van der Waals surface area contributed by atoms with E-state index < -0.39 is 0 Å². The molecule has 0 spiro atoms. The van der Waals surface area contributed by atoms with E-state index in [2.05, 4.69) is 44.2 Å². The molecule has 2 aromatic rings. The Bertz CT molecular complexity index is 910. The van der Waals surface area contributed by atoms with Gasteiger partial charge in [0.1, 0.15) is 0 Å². The van der Waals surface area contributed by atoms with Crippen LogP contribution in [0.25, 0.3) is 0 Å².